The average molecular weight is 225 g/mol. The monoisotopic (exact) mass is 225 g/mol. The summed E-state index contributed by atoms with van der Waals surface area (Å²) in [4.78, 5) is 12.8. The van der Waals surface area contributed by atoms with Crippen molar-refractivity contribution in [3.8, 4) is 11.1 Å². The third kappa shape index (κ3) is 1.66. The molecule has 0 saturated carbocycles. The summed E-state index contributed by atoms with van der Waals surface area (Å²) in [6.45, 7) is 0.425. The molecule has 0 aromatic carbocycles. The van der Waals surface area contributed by atoms with Crippen molar-refractivity contribution in [2.45, 2.75) is 6.54 Å². The Morgan fingerprint density at radius 1 is 1.24 bits per heavy atom. The highest BCUT2D eigenvalue weighted by atomic mass is 15.0. The standard InChI is InChI=1S/C12H11N5/c13-4-10-7-17-8-15-6-11(12(17)16-10)9-2-1-3-14-5-9/h1-3,5-8H,4,13H2. The summed E-state index contributed by atoms with van der Waals surface area (Å²) in [5, 5.41) is 0. The van der Waals surface area contributed by atoms with Gasteiger partial charge in [0.15, 0.2) is 0 Å². The van der Waals surface area contributed by atoms with Crippen LogP contribution in [-0.4, -0.2) is 19.4 Å². The predicted molar refractivity (Wildman–Crippen MR) is 64.1 cm³/mol. The van der Waals surface area contributed by atoms with Crippen molar-refractivity contribution >= 4 is 5.65 Å². The number of hydrogen-bond acceptors (Lipinski definition) is 4. The van der Waals surface area contributed by atoms with E-state index in [4.69, 9.17) is 5.73 Å². The number of imidazole rings is 1. The molecule has 0 aliphatic rings. The molecule has 0 atom stereocenters. The van der Waals surface area contributed by atoms with Gasteiger partial charge in [-0.25, -0.2) is 9.97 Å². The Hall–Kier alpha value is -2.27. The Balaban J connectivity index is 2.26. The Labute approximate surface area is 98.0 Å². The molecule has 3 aromatic heterocycles. The summed E-state index contributed by atoms with van der Waals surface area (Å²) in [7, 11) is 0. The highest BCUT2D eigenvalue weighted by Gasteiger charge is 2.07. The van der Waals surface area contributed by atoms with Crippen LogP contribution in [0.1, 0.15) is 5.69 Å². The van der Waals surface area contributed by atoms with Crippen LogP contribution in [0.4, 0.5) is 0 Å². The number of nitrogens with zero attached hydrogens (tertiary/aromatic N) is 4. The van der Waals surface area contributed by atoms with Gasteiger partial charge in [-0.2, -0.15) is 0 Å². The normalized spacial score (nSPS) is 10.9. The van der Waals surface area contributed by atoms with Crippen molar-refractivity contribution in [3.63, 3.8) is 0 Å². The minimum absolute atomic E-state index is 0.425. The Kier molecular flexibility index (Phi) is 2.31. The maximum atomic E-state index is 5.59. The van der Waals surface area contributed by atoms with Crippen LogP contribution < -0.4 is 5.73 Å². The van der Waals surface area contributed by atoms with E-state index in [9.17, 15) is 0 Å². The largest absolute Gasteiger partial charge is 0.325 e. The summed E-state index contributed by atoms with van der Waals surface area (Å²) in [6, 6.07) is 3.88. The van der Waals surface area contributed by atoms with Crippen LogP contribution in [-0.2, 0) is 6.54 Å². The Morgan fingerprint density at radius 3 is 2.94 bits per heavy atom. The van der Waals surface area contributed by atoms with E-state index in [0.29, 0.717) is 6.54 Å². The first-order chi connectivity index (χ1) is 8.38. The SMILES string of the molecule is NCc1cn2cncc(-c3cccnc3)c2n1. The van der Waals surface area contributed by atoms with Crippen molar-refractivity contribution in [1.82, 2.24) is 19.4 Å². The maximum absolute atomic E-state index is 5.59. The molecule has 3 aromatic rings. The Bertz CT molecular complexity index is 644. The molecule has 0 unspecified atom stereocenters. The van der Waals surface area contributed by atoms with E-state index in [2.05, 4.69) is 15.0 Å². The fourth-order valence-electron chi connectivity index (χ4n) is 1.79. The van der Waals surface area contributed by atoms with E-state index in [0.717, 1.165) is 22.5 Å². The number of pyridine rings is 1. The lowest BCUT2D eigenvalue weighted by atomic mass is 10.1. The fraction of sp³-hybridized carbons (Fsp3) is 0.0833. The van der Waals surface area contributed by atoms with Crippen LogP contribution in [0.15, 0.2) is 43.2 Å². The van der Waals surface area contributed by atoms with Gasteiger partial charge < -0.3 is 5.73 Å². The number of hydrogen-bond donors (Lipinski definition) is 1. The van der Waals surface area contributed by atoms with Crippen LogP contribution in [0.5, 0.6) is 0 Å². The molecule has 3 rings (SSSR count). The molecule has 0 aliphatic carbocycles. The molecule has 0 fully saturated rings. The molecule has 0 amide bonds. The molecule has 17 heavy (non-hydrogen) atoms. The molecule has 0 aliphatic heterocycles. The summed E-state index contributed by atoms with van der Waals surface area (Å²) >= 11 is 0. The van der Waals surface area contributed by atoms with Crippen LogP contribution in [0.3, 0.4) is 0 Å². The first kappa shape index (κ1) is 9.92. The highest BCUT2D eigenvalue weighted by Crippen LogP contribution is 2.21. The van der Waals surface area contributed by atoms with Gasteiger partial charge in [0.25, 0.3) is 0 Å². The smallest absolute Gasteiger partial charge is 0.147 e. The van der Waals surface area contributed by atoms with Crippen molar-refractivity contribution in [2.24, 2.45) is 5.73 Å². The third-order valence-corrected chi connectivity index (χ3v) is 2.60. The summed E-state index contributed by atoms with van der Waals surface area (Å²) < 4.78 is 1.88. The van der Waals surface area contributed by atoms with Crippen LogP contribution in [0.2, 0.25) is 0 Å². The Morgan fingerprint density at radius 2 is 2.18 bits per heavy atom. The second kappa shape index (κ2) is 3.95. The van der Waals surface area contributed by atoms with E-state index >= 15 is 0 Å². The summed E-state index contributed by atoms with van der Waals surface area (Å²) in [5.74, 6) is 0. The highest BCUT2D eigenvalue weighted by molar-refractivity contribution is 5.76. The third-order valence-electron chi connectivity index (χ3n) is 2.60. The van der Waals surface area contributed by atoms with Gasteiger partial charge in [0.2, 0.25) is 0 Å². The van der Waals surface area contributed by atoms with E-state index in [1.54, 1.807) is 24.9 Å². The topological polar surface area (TPSA) is 69.1 Å². The molecule has 5 heteroatoms. The minimum atomic E-state index is 0.425. The average Bonchev–Trinajstić information content (AvgIpc) is 2.82. The van der Waals surface area contributed by atoms with Crippen LogP contribution in [0, 0.1) is 0 Å². The molecule has 84 valence electrons. The second-order valence-electron chi connectivity index (χ2n) is 3.72. The second-order valence-corrected chi connectivity index (χ2v) is 3.72. The van der Waals surface area contributed by atoms with Gasteiger partial charge >= 0.3 is 0 Å². The number of nitrogens with two attached hydrogens (primary N) is 1. The van der Waals surface area contributed by atoms with Gasteiger partial charge in [-0.15, -0.1) is 0 Å². The first-order valence-electron chi connectivity index (χ1n) is 5.30. The van der Waals surface area contributed by atoms with Crippen LogP contribution >= 0.6 is 0 Å². The molecule has 0 spiro atoms. The van der Waals surface area contributed by atoms with E-state index in [1.807, 2.05) is 22.7 Å². The zero-order chi connectivity index (χ0) is 11.7. The van der Waals surface area contributed by atoms with Gasteiger partial charge in [-0.05, 0) is 6.07 Å². The van der Waals surface area contributed by atoms with Gasteiger partial charge in [-0.1, -0.05) is 6.07 Å². The van der Waals surface area contributed by atoms with Crippen molar-refractivity contribution in [1.29, 1.82) is 0 Å². The lowest BCUT2D eigenvalue weighted by molar-refractivity contribution is 1.01. The molecular weight excluding hydrogens is 214 g/mol. The maximum Gasteiger partial charge on any atom is 0.147 e. The number of aromatic nitrogens is 4. The fourth-order valence-corrected chi connectivity index (χ4v) is 1.79. The molecule has 0 saturated heterocycles. The lowest BCUT2D eigenvalue weighted by Gasteiger charge is -2.01. The van der Waals surface area contributed by atoms with Gasteiger partial charge in [0.05, 0.1) is 5.69 Å². The zero-order valence-electron chi connectivity index (χ0n) is 9.11. The number of rotatable bonds is 2. The molecular formula is C12H11N5. The van der Waals surface area contributed by atoms with E-state index in [1.165, 1.54) is 0 Å². The van der Waals surface area contributed by atoms with E-state index in [-0.39, 0.29) is 0 Å². The number of fused-ring (bicyclic) bond motifs is 1. The van der Waals surface area contributed by atoms with Crippen molar-refractivity contribution in [3.05, 3.63) is 48.9 Å². The zero-order valence-corrected chi connectivity index (χ0v) is 9.11. The molecule has 0 bridgehead atoms. The summed E-state index contributed by atoms with van der Waals surface area (Å²) in [5.41, 5.74) is 9.26. The lowest BCUT2D eigenvalue weighted by Crippen LogP contribution is -1.95. The minimum Gasteiger partial charge on any atom is -0.325 e. The van der Waals surface area contributed by atoms with E-state index < -0.39 is 0 Å². The molecule has 0 radical (unpaired) electrons. The molecule has 3 heterocycles. The van der Waals surface area contributed by atoms with Gasteiger partial charge in [-0.3, -0.25) is 9.38 Å². The van der Waals surface area contributed by atoms with Crippen LogP contribution in [0.25, 0.3) is 16.8 Å². The molecule has 5 nitrogen and oxygen atoms in total. The quantitative estimate of drug-likeness (QED) is 0.712. The van der Waals surface area contributed by atoms with Crippen molar-refractivity contribution < 1.29 is 0 Å². The van der Waals surface area contributed by atoms with Gasteiger partial charge in [0, 0.05) is 42.5 Å². The van der Waals surface area contributed by atoms with Gasteiger partial charge in [0.1, 0.15) is 12.0 Å². The summed E-state index contributed by atoms with van der Waals surface area (Å²) in [6.07, 6.45) is 8.95. The predicted octanol–water partition coefficient (Wildman–Crippen LogP) is 1.25. The van der Waals surface area contributed by atoms with Crippen molar-refractivity contribution in [2.75, 3.05) is 0 Å². The first-order valence-corrected chi connectivity index (χ1v) is 5.30. The molecule has 2 N–H and O–H groups in total.